The highest BCUT2D eigenvalue weighted by molar-refractivity contribution is 5.88. The molecule has 4 fully saturated rings. The van der Waals surface area contributed by atoms with E-state index in [1.54, 1.807) is 0 Å². The normalized spacial score (nSPS) is 45.3. The molecule has 17 heavy (non-hydrogen) atoms. The predicted molar refractivity (Wildman–Crippen MR) is 67.9 cm³/mol. The van der Waals surface area contributed by atoms with Crippen LogP contribution in [0.15, 0.2) is 0 Å². The molecule has 0 aromatic rings. The molecule has 0 aromatic carbocycles. The van der Waals surface area contributed by atoms with E-state index >= 15 is 0 Å². The number of ketones is 1. The van der Waals surface area contributed by atoms with Gasteiger partial charge in [0.05, 0.1) is 14.1 Å². The lowest BCUT2D eigenvalue weighted by molar-refractivity contribution is -0.873. The van der Waals surface area contributed by atoms with Crippen molar-refractivity contribution in [1.82, 2.24) is 0 Å². The summed E-state index contributed by atoms with van der Waals surface area (Å²) in [4.78, 5) is 14.1. The topological polar surface area (TPSA) is 21.5 Å². The average molecular weight is 236 g/mol. The molecule has 1 unspecified atom stereocenters. The first-order chi connectivity index (χ1) is 8.00. The average Bonchev–Trinajstić information content (AvgIpc) is 2.25. The van der Waals surface area contributed by atoms with E-state index in [4.69, 9.17) is 0 Å². The largest absolute Gasteiger partial charge is 0.331 e. The number of likely N-dealkylation sites (N-methyl/N-ethyl adjacent to an activating group) is 1. The van der Waals surface area contributed by atoms with Gasteiger partial charge in [0.15, 0.2) is 5.78 Å². The third-order valence-corrected chi connectivity index (χ3v) is 5.82. The number of carbonyl (C=O) groups excluding carboxylic acids is 1. The van der Waals surface area contributed by atoms with Crippen LogP contribution in [0.3, 0.4) is 0 Å². The van der Waals surface area contributed by atoms with Crippen molar-refractivity contribution in [1.29, 1.82) is 0 Å². The second-order valence-electron chi connectivity index (χ2n) is 7.36. The summed E-state index contributed by atoms with van der Waals surface area (Å²) in [5, 5.41) is 0. The molecule has 4 saturated carbocycles. The van der Waals surface area contributed by atoms with Crippen molar-refractivity contribution >= 4 is 5.78 Å². The van der Waals surface area contributed by atoms with Crippen molar-refractivity contribution in [3.63, 3.8) is 0 Å². The first-order valence-corrected chi connectivity index (χ1v) is 7.34. The maximum atomic E-state index is 12.8. The van der Waals surface area contributed by atoms with Crippen LogP contribution in [0.1, 0.15) is 45.4 Å². The summed E-state index contributed by atoms with van der Waals surface area (Å²) in [6.07, 6.45) is 7.93. The van der Waals surface area contributed by atoms with Crippen LogP contribution in [0.25, 0.3) is 0 Å². The quantitative estimate of drug-likeness (QED) is 0.784. The van der Waals surface area contributed by atoms with Crippen molar-refractivity contribution in [2.24, 2.45) is 23.2 Å². The fraction of sp³-hybridized carbons (Fsp3) is 0.933. The second kappa shape index (κ2) is 3.81. The van der Waals surface area contributed by atoms with Gasteiger partial charge in [-0.25, -0.2) is 0 Å². The van der Waals surface area contributed by atoms with Gasteiger partial charge in [-0.1, -0.05) is 0 Å². The first kappa shape index (κ1) is 11.7. The molecule has 2 nitrogen and oxygen atoms in total. The number of quaternary nitrogens is 1. The Morgan fingerprint density at radius 2 is 1.47 bits per heavy atom. The van der Waals surface area contributed by atoms with Gasteiger partial charge < -0.3 is 4.90 Å². The van der Waals surface area contributed by atoms with Gasteiger partial charge in [0, 0.05) is 5.41 Å². The van der Waals surface area contributed by atoms with E-state index in [1.807, 2.05) is 0 Å². The van der Waals surface area contributed by atoms with Gasteiger partial charge in [-0.15, -0.1) is 0 Å². The zero-order valence-electron chi connectivity index (χ0n) is 11.5. The van der Waals surface area contributed by atoms with Crippen LogP contribution >= 0.6 is 0 Å². The Bertz CT molecular complexity index is 299. The van der Waals surface area contributed by atoms with E-state index in [-0.39, 0.29) is 11.5 Å². The Morgan fingerprint density at radius 3 is 1.82 bits per heavy atom. The summed E-state index contributed by atoms with van der Waals surface area (Å²) in [6.45, 7) is 2.12. The van der Waals surface area contributed by atoms with E-state index in [9.17, 15) is 4.79 Å². The third-order valence-electron chi connectivity index (χ3n) is 5.82. The molecule has 4 bridgehead atoms. The number of rotatable bonds is 3. The van der Waals surface area contributed by atoms with Crippen LogP contribution in [0.4, 0.5) is 0 Å². The SMILES string of the molecule is CC(C(=O)C12CC3CC(CC(C3)C1)C2)[NH+](C)C. The zero-order valence-corrected chi connectivity index (χ0v) is 11.5. The van der Waals surface area contributed by atoms with Gasteiger partial charge in [-0.2, -0.15) is 0 Å². The minimum Gasteiger partial charge on any atom is -0.331 e. The molecule has 1 N–H and O–H groups in total. The lowest BCUT2D eigenvalue weighted by atomic mass is 9.48. The number of hydrogen-bond donors (Lipinski definition) is 1. The smallest absolute Gasteiger partial charge is 0.195 e. The second-order valence-corrected chi connectivity index (χ2v) is 7.36. The van der Waals surface area contributed by atoms with Gasteiger partial charge in [0.1, 0.15) is 6.04 Å². The van der Waals surface area contributed by atoms with Crippen molar-refractivity contribution in [2.45, 2.75) is 51.5 Å². The Labute approximate surface area is 105 Å². The van der Waals surface area contributed by atoms with Crippen LogP contribution in [0.2, 0.25) is 0 Å². The molecule has 1 atom stereocenters. The first-order valence-electron chi connectivity index (χ1n) is 7.34. The molecule has 0 amide bonds. The molecule has 0 radical (unpaired) electrons. The summed E-state index contributed by atoms with van der Waals surface area (Å²) in [7, 11) is 4.23. The lowest BCUT2D eigenvalue weighted by Crippen LogP contribution is -3.11. The Hall–Kier alpha value is -0.370. The molecule has 0 aromatic heterocycles. The number of Topliss-reactive ketones (excluding diaryl/α,β-unsaturated/α-hetero) is 1. The minimum absolute atomic E-state index is 0.103. The molecule has 4 aliphatic rings. The predicted octanol–water partition coefficient (Wildman–Crippen LogP) is 1.30. The van der Waals surface area contributed by atoms with E-state index < -0.39 is 0 Å². The molecule has 0 saturated heterocycles. The Balaban J connectivity index is 1.84. The van der Waals surface area contributed by atoms with E-state index in [2.05, 4.69) is 21.0 Å². The molecule has 0 aliphatic heterocycles. The molecule has 4 aliphatic carbocycles. The van der Waals surface area contributed by atoms with Gasteiger partial charge in [0.2, 0.25) is 0 Å². The van der Waals surface area contributed by atoms with Crippen LogP contribution in [0, 0.1) is 23.2 Å². The van der Waals surface area contributed by atoms with Crippen molar-refractivity contribution in [3.05, 3.63) is 0 Å². The van der Waals surface area contributed by atoms with Gasteiger partial charge in [-0.3, -0.25) is 4.79 Å². The minimum atomic E-state index is 0.103. The maximum Gasteiger partial charge on any atom is 0.195 e. The molecule has 4 rings (SSSR count). The van der Waals surface area contributed by atoms with Gasteiger partial charge in [0.25, 0.3) is 0 Å². The zero-order chi connectivity index (χ0) is 12.2. The summed E-state index contributed by atoms with van der Waals surface area (Å²) in [5.41, 5.74) is 0.103. The number of nitrogens with one attached hydrogen (secondary N) is 1. The molecule has 0 spiro atoms. The van der Waals surface area contributed by atoms with Crippen LogP contribution < -0.4 is 4.90 Å². The van der Waals surface area contributed by atoms with Crippen molar-refractivity contribution in [2.75, 3.05) is 14.1 Å². The fourth-order valence-electron chi connectivity index (χ4n) is 5.13. The molecular weight excluding hydrogens is 210 g/mol. The summed E-state index contributed by atoms with van der Waals surface area (Å²) in [6, 6.07) is 0.186. The van der Waals surface area contributed by atoms with Crippen LogP contribution in [0.5, 0.6) is 0 Å². The summed E-state index contributed by atoms with van der Waals surface area (Å²) >= 11 is 0. The van der Waals surface area contributed by atoms with E-state index in [0.717, 1.165) is 17.8 Å². The standard InChI is InChI=1S/C15H25NO/c1-10(16(2)3)14(17)15-7-11-4-12(8-15)6-13(5-11)9-15/h10-13H,4-9H2,1-3H3/p+1. The fourth-order valence-corrected chi connectivity index (χ4v) is 5.13. The molecule has 0 heterocycles. The Kier molecular flexibility index (Phi) is 2.62. The lowest BCUT2D eigenvalue weighted by Gasteiger charge is -2.56. The number of hydrogen-bond acceptors (Lipinski definition) is 1. The van der Waals surface area contributed by atoms with Crippen molar-refractivity contribution in [3.8, 4) is 0 Å². The highest BCUT2D eigenvalue weighted by Gasteiger charge is 2.55. The van der Waals surface area contributed by atoms with Crippen molar-refractivity contribution < 1.29 is 9.69 Å². The highest BCUT2D eigenvalue weighted by atomic mass is 16.1. The van der Waals surface area contributed by atoms with Crippen LogP contribution in [-0.4, -0.2) is 25.9 Å². The molecule has 96 valence electrons. The highest BCUT2D eigenvalue weighted by Crippen LogP contribution is 2.60. The van der Waals surface area contributed by atoms with E-state index in [0.29, 0.717) is 5.78 Å². The van der Waals surface area contributed by atoms with Gasteiger partial charge >= 0.3 is 0 Å². The van der Waals surface area contributed by atoms with E-state index in [1.165, 1.54) is 43.4 Å². The third kappa shape index (κ3) is 1.76. The Morgan fingerprint density at radius 1 is 1.06 bits per heavy atom. The summed E-state index contributed by atoms with van der Waals surface area (Å²) in [5.74, 6) is 3.23. The van der Waals surface area contributed by atoms with Gasteiger partial charge in [-0.05, 0) is 63.2 Å². The maximum absolute atomic E-state index is 12.8. The molecular formula is C15H26NO+. The number of carbonyl (C=O) groups is 1. The summed E-state index contributed by atoms with van der Waals surface area (Å²) < 4.78 is 0. The van der Waals surface area contributed by atoms with Crippen LogP contribution in [-0.2, 0) is 4.79 Å². The monoisotopic (exact) mass is 236 g/mol. The molecule has 2 heteroatoms.